The van der Waals surface area contributed by atoms with Gasteiger partial charge in [0.15, 0.2) is 0 Å². The Balaban J connectivity index is 1.86. The van der Waals surface area contributed by atoms with Crippen LogP contribution in [0, 0.1) is 17.0 Å². The smallest absolute Gasteiger partial charge is 0.135 e. The fourth-order valence-corrected chi connectivity index (χ4v) is 3.50. The maximum atomic E-state index is 13.9. The molecule has 1 aromatic carbocycles. The monoisotopic (exact) mass is 301 g/mol. The molecule has 116 valence electrons. The van der Waals surface area contributed by atoms with Crippen LogP contribution in [0.5, 0.6) is 0 Å². The van der Waals surface area contributed by atoms with E-state index in [2.05, 4.69) is 11.9 Å². The van der Waals surface area contributed by atoms with Crippen LogP contribution >= 0.6 is 0 Å². The lowest BCUT2D eigenvalue weighted by Gasteiger charge is -2.33. The Morgan fingerprint density at radius 1 is 1.05 bits per heavy atom. The first-order chi connectivity index (χ1) is 10.6. The van der Waals surface area contributed by atoms with Crippen LogP contribution in [0.2, 0.25) is 0 Å². The van der Waals surface area contributed by atoms with Crippen LogP contribution in [0.4, 0.5) is 8.78 Å². The molecule has 1 aliphatic rings. The summed E-state index contributed by atoms with van der Waals surface area (Å²) in [5.41, 5.74) is 2.45. The molecule has 0 radical (unpaired) electrons. The molecular formula is C19H21F2N. The van der Waals surface area contributed by atoms with Crippen LogP contribution in [-0.2, 0) is 6.42 Å². The van der Waals surface area contributed by atoms with Gasteiger partial charge in [-0.3, -0.25) is 4.98 Å². The van der Waals surface area contributed by atoms with Gasteiger partial charge in [-0.25, -0.2) is 8.78 Å². The Bertz CT molecular complexity index is 660. The first-order valence-electron chi connectivity index (χ1n) is 7.96. The topological polar surface area (TPSA) is 12.9 Å². The first kappa shape index (κ1) is 15.1. The van der Waals surface area contributed by atoms with E-state index in [1.54, 1.807) is 6.20 Å². The van der Waals surface area contributed by atoms with Crippen LogP contribution in [0.25, 0.3) is 11.3 Å². The van der Waals surface area contributed by atoms with Gasteiger partial charge in [-0.15, -0.1) is 0 Å². The summed E-state index contributed by atoms with van der Waals surface area (Å²) in [5.74, 6) is -1.12. The molecule has 0 N–H and O–H groups in total. The third-order valence-electron chi connectivity index (χ3n) is 4.72. The number of nitrogens with zero attached hydrogens (tertiary/aromatic N) is 1. The molecule has 1 aliphatic carbocycles. The third kappa shape index (κ3) is 3.34. The van der Waals surface area contributed by atoms with E-state index in [9.17, 15) is 8.78 Å². The summed E-state index contributed by atoms with van der Waals surface area (Å²) >= 11 is 0. The Hall–Kier alpha value is -1.77. The van der Waals surface area contributed by atoms with E-state index in [1.165, 1.54) is 49.8 Å². The highest BCUT2D eigenvalue weighted by molar-refractivity contribution is 5.60. The number of hydrogen-bond donors (Lipinski definition) is 0. The number of halogens is 2. The van der Waals surface area contributed by atoms with Crippen molar-refractivity contribution in [1.82, 2.24) is 4.98 Å². The van der Waals surface area contributed by atoms with E-state index in [-0.39, 0.29) is 0 Å². The molecule has 1 aromatic heterocycles. The van der Waals surface area contributed by atoms with Gasteiger partial charge >= 0.3 is 0 Å². The average Bonchev–Trinajstić information content (AvgIpc) is 2.47. The highest BCUT2D eigenvalue weighted by Gasteiger charge is 2.27. The molecule has 1 saturated carbocycles. The van der Waals surface area contributed by atoms with E-state index in [0.717, 1.165) is 12.5 Å². The second-order valence-electron chi connectivity index (χ2n) is 6.72. The molecule has 1 nitrogen and oxygen atoms in total. The first-order valence-corrected chi connectivity index (χ1v) is 7.96. The lowest BCUT2D eigenvalue weighted by atomic mass is 9.72. The maximum absolute atomic E-state index is 13.9. The van der Waals surface area contributed by atoms with Crippen molar-refractivity contribution in [3.63, 3.8) is 0 Å². The van der Waals surface area contributed by atoms with Gasteiger partial charge < -0.3 is 0 Å². The van der Waals surface area contributed by atoms with Gasteiger partial charge in [0.25, 0.3) is 0 Å². The molecule has 1 fully saturated rings. The summed E-state index contributed by atoms with van der Waals surface area (Å²) in [5, 5.41) is 0. The van der Waals surface area contributed by atoms with E-state index < -0.39 is 11.6 Å². The Morgan fingerprint density at radius 2 is 1.82 bits per heavy atom. The fourth-order valence-electron chi connectivity index (χ4n) is 3.50. The summed E-state index contributed by atoms with van der Waals surface area (Å²) in [7, 11) is 0. The van der Waals surface area contributed by atoms with Crippen LogP contribution < -0.4 is 0 Å². The zero-order valence-electron chi connectivity index (χ0n) is 12.9. The summed E-state index contributed by atoms with van der Waals surface area (Å²) in [4.78, 5) is 4.25. The van der Waals surface area contributed by atoms with Crippen LogP contribution in [0.1, 0.15) is 44.6 Å². The highest BCUT2D eigenvalue weighted by Crippen LogP contribution is 2.39. The minimum Gasteiger partial charge on any atom is -0.256 e. The van der Waals surface area contributed by atoms with Crippen LogP contribution in [0.3, 0.4) is 0 Å². The van der Waals surface area contributed by atoms with E-state index >= 15 is 0 Å². The molecule has 0 atom stereocenters. The van der Waals surface area contributed by atoms with Crippen molar-refractivity contribution < 1.29 is 8.78 Å². The van der Waals surface area contributed by atoms with Gasteiger partial charge in [0.1, 0.15) is 11.6 Å². The number of pyridine rings is 1. The number of benzene rings is 1. The van der Waals surface area contributed by atoms with E-state index in [0.29, 0.717) is 16.7 Å². The van der Waals surface area contributed by atoms with Crippen LogP contribution in [-0.4, -0.2) is 4.98 Å². The Morgan fingerprint density at radius 3 is 2.55 bits per heavy atom. The van der Waals surface area contributed by atoms with Crippen molar-refractivity contribution in [3.8, 4) is 11.3 Å². The van der Waals surface area contributed by atoms with Crippen molar-refractivity contribution in [2.45, 2.75) is 45.4 Å². The maximum Gasteiger partial charge on any atom is 0.135 e. The molecule has 0 saturated heterocycles. The predicted octanol–water partition coefficient (Wildman–Crippen LogP) is 5.54. The van der Waals surface area contributed by atoms with Gasteiger partial charge in [-0.1, -0.05) is 26.2 Å². The largest absolute Gasteiger partial charge is 0.256 e. The molecule has 2 aromatic rings. The number of rotatable bonds is 3. The van der Waals surface area contributed by atoms with Gasteiger partial charge in [0, 0.05) is 17.8 Å². The molecule has 3 heteroatoms. The van der Waals surface area contributed by atoms with Crippen molar-refractivity contribution in [2.75, 3.05) is 0 Å². The summed E-state index contributed by atoms with van der Waals surface area (Å²) in [6.45, 7) is 2.34. The van der Waals surface area contributed by atoms with E-state index in [4.69, 9.17) is 0 Å². The predicted molar refractivity (Wildman–Crippen MR) is 84.5 cm³/mol. The van der Waals surface area contributed by atoms with Gasteiger partial charge in [0.05, 0.1) is 5.69 Å². The van der Waals surface area contributed by atoms with Crippen molar-refractivity contribution >= 4 is 0 Å². The summed E-state index contributed by atoms with van der Waals surface area (Å²) < 4.78 is 27.0. The SMILES string of the molecule is CC1(Cc2ccnc(-c3ccc(F)cc3F)c2)CCCCC1. The number of aromatic nitrogens is 1. The summed E-state index contributed by atoms with van der Waals surface area (Å²) in [6, 6.07) is 7.58. The molecule has 0 bridgehead atoms. The quantitative estimate of drug-likeness (QED) is 0.725. The lowest BCUT2D eigenvalue weighted by molar-refractivity contribution is 0.215. The minimum absolute atomic E-state index is 0.332. The minimum atomic E-state index is -0.563. The average molecular weight is 301 g/mol. The fraction of sp³-hybridized carbons (Fsp3) is 0.421. The lowest BCUT2D eigenvalue weighted by Crippen LogP contribution is -2.22. The zero-order chi connectivity index (χ0) is 15.6. The Labute approximate surface area is 130 Å². The standard InChI is InChI=1S/C19H21F2N/c1-19(8-3-2-4-9-19)13-14-7-10-22-18(11-14)16-6-5-15(20)12-17(16)21/h5-7,10-12H,2-4,8-9,13H2,1H3. The van der Waals surface area contributed by atoms with E-state index in [1.807, 2.05) is 12.1 Å². The van der Waals surface area contributed by atoms with Gasteiger partial charge in [0.2, 0.25) is 0 Å². The molecule has 0 amide bonds. The Kier molecular flexibility index (Phi) is 4.23. The van der Waals surface area contributed by atoms with Crippen molar-refractivity contribution in [2.24, 2.45) is 5.41 Å². The third-order valence-corrected chi connectivity index (χ3v) is 4.72. The molecule has 22 heavy (non-hydrogen) atoms. The second-order valence-corrected chi connectivity index (χ2v) is 6.72. The molecule has 0 unspecified atom stereocenters. The van der Waals surface area contributed by atoms with Crippen molar-refractivity contribution in [3.05, 3.63) is 53.7 Å². The molecule has 3 rings (SSSR count). The van der Waals surface area contributed by atoms with Crippen molar-refractivity contribution in [1.29, 1.82) is 0 Å². The molecule has 0 spiro atoms. The normalized spacial score (nSPS) is 17.4. The molecule has 0 aliphatic heterocycles. The second kappa shape index (κ2) is 6.15. The van der Waals surface area contributed by atoms with Gasteiger partial charge in [-0.05, 0) is 54.5 Å². The molecule has 1 heterocycles. The number of hydrogen-bond acceptors (Lipinski definition) is 1. The van der Waals surface area contributed by atoms with Gasteiger partial charge in [-0.2, -0.15) is 0 Å². The highest BCUT2D eigenvalue weighted by atomic mass is 19.1. The molecular weight excluding hydrogens is 280 g/mol. The zero-order valence-corrected chi connectivity index (χ0v) is 12.9. The van der Waals surface area contributed by atoms with Crippen LogP contribution in [0.15, 0.2) is 36.5 Å². The summed E-state index contributed by atoms with van der Waals surface area (Å²) in [6.07, 6.45) is 9.12.